The van der Waals surface area contributed by atoms with Crippen LogP contribution in [0, 0.1) is 0 Å². The lowest BCUT2D eigenvalue weighted by atomic mass is 9.98. The van der Waals surface area contributed by atoms with E-state index in [1.807, 2.05) is 18.2 Å². The molecule has 112 valence electrons. The molecular weight excluding hydrogens is 290 g/mol. The van der Waals surface area contributed by atoms with Gasteiger partial charge in [0.1, 0.15) is 0 Å². The summed E-state index contributed by atoms with van der Waals surface area (Å²) in [4.78, 5) is 0. The Kier molecular flexibility index (Phi) is 4.47. The summed E-state index contributed by atoms with van der Waals surface area (Å²) in [5.74, 6) is 0. The van der Waals surface area contributed by atoms with Gasteiger partial charge in [-0.25, -0.2) is 0 Å². The SMILES string of the molecule is C[C@H](N[C@H](C)c1cccc(Cl)c1)c1cccc2ccccc12. The predicted molar refractivity (Wildman–Crippen MR) is 95.4 cm³/mol. The first-order valence-corrected chi connectivity index (χ1v) is 8.02. The van der Waals surface area contributed by atoms with Crippen molar-refractivity contribution in [3.63, 3.8) is 0 Å². The van der Waals surface area contributed by atoms with Crippen LogP contribution in [0.2, 0.25) is 5.02 Å². The average Bonchev–Trinajstić information content (AvgIpc) is 2.54. The Balaban J connectivity index is 1.85. The zero-order valence-corrected chi connectivity index (χ0v) is 13.6. The molecule has 0 unspecified atom stereocenters. The highest BCUT2D eigenvalue weighted by Crippen LogP contribution is 2.26. The Hall–Kier alpha value is -1.83. The van der Waals surface area contributed by atoms with Gasteiger partial charge in [-0.15, -0.1) is 0 Å². The summed E-state index contributed by atoms with van der Waals surface area (Å²) in [6.45, 7) is 4.39. The van der Waals surface area contributed by atoms with Crippen molar-refractivity contribution in [3.05, 3.63) is 82.9 Å². The molecule has 3 aromatic rings. The summed E-state index contributed by atoms with van der Waals surface area (Å²) in [6, 6.07) is 23.6. The molecule has 0 amide bonds. The lowest BCUT2D eigenvalue weighted by Crippen LogP contribution is -2.22. The van der Waals surface area contributed by atoms with Gasteiger partial charge in [0.15, 0.2) is 0 Å². The Morgan fingerprint density at radius 3 is 2.36 bits per heavy atom. The fraction of sp³-hybridized carbons (Fsp3) is 0.200. The largest absolute Gasteiger partial charge is 0.304 e. The van der Waals surface area contributed by atoms with Gasteiger partial charge >= 0.3 is 0 Å². The van der Waals surface area contributed by atoms with E-state index in [-0.39, 0.29) is 12.1 Å². The minimum Gasteiger partial charge on any atom is -0.304 e. The molecule has 3 rings (SSSR count). The van der Waals surface area contributed by atoms with Crippen LogP contribution in [0.5, 0.6) is 0 Å². The number of fused-ring (bicyclic) bond motifs is 1. The van der Waals surface area contributed by atoms with Crippen molar-refractivity contribution in [1.29, 1.82) is 0 Å². The molecular formula is C20H20ClN. The van der Waals surface area contributed by atoms with Crippen molar-refractivity contribution < 1.29 is 0 Å². The molecule has 0 saturated carbocycles. The second-order valence-corrected chi connectivity index (χ2v) is 6.17. The van der Waals surface area contributed by atoms with Gasteiger partial charge in [0.25, 0.3) is 0 Å². The van der Waals surface area contributed by atoms with E-state index in [1.165, 1.54) is 21.9 Å². The standard InChI is InChI=1S/C20H20ClN/c1-14(17-9-5-10-18(21)13-17)22-15(2)19-12-6-8-16-7-3-4-11-20(16)19/h3-15,22H,1-2H3/t14-,15+/m1/s1. The van der Waals surface area contributed by atoms with Crippen molar-refractivity contribution in [2.75, 3.05) is 0 Å². The minimum atomic E-state index is 0.243. The van der Waals surface area contributed by atoms with Crippen LogP contribution in [0.1, 0.15) is 37.1 Å². The second-order valence-electron chi connectivity index (χ2n) is 5.73. The third-order valence-corrected chi connectivity index (χ3v) is 4.37. The molecule has 0 fully saturated rings. The van der Waals surface area contributed by atoms with E-state index in [2.05, 4.69) is 67.7 Å². The number of hydrogen-bond donors (Lipinski definition) is 1. The molecule has 2 heteroatoms. The van der Waals surface area contributed by atoms with Gasteiger partial charge < -0.3 is 5.32 Å². The molecule has 0 saturated heterocycles. The van der Waals surface area contributed by atoms with E-state index < -0.39 is 0 Å². The molecule has 0 aliphatic carbocycles. The molecule has 0 aliphatic rings. The number of halogens is 1. The second kappa shape index (κ2) is 6.51. The first kappa shape index (κ1) is 15.1. The van der Waals surface area contributed by atoms with Crippen LogP contribution < -0.4 is 5.32 Å². The first-order chi connectivity index (χ1) is 10.6. The molecule has 0 bridgehead atoms. The molecule has 2 atom stereocenters. The van der Waals surface area contributed by atoms with Gasteiger partial charge in [0, 0.05) is 17.1 Å². The van der Waals surface area contributed by atoms with Gasteiger partial charge in [-0.3, -0.25) is 0 Å². The van der Waals surface area contributed by atoms with Crippen molar-refractivity contribution >= 4 is 22.4 Å². The first-order valence-electron chi connectivity index (χ1n) is 7.64. The average molecular weight is 310 g/mol. The maximum Gasteiger partial charge on any atom is 0.0409 e. The highest BCUT2D eigenvalue weighted by molar-refractivity contribution is 6.30. The predicted octanol–water partition coefficient (Wildman–Crippen LogP) is 5.91. The van der Waals surface area contributed by atoms with Crippen LogP contribution in [0.25, 0.3) is 10.8 Å². The van der Waals surface area contributed by atoms with Crippen molar-refractivity contribution in [2.24, 2.45) is 0 Å². The van der Waals surface area contributed by atoms with E-state index in [9.17, 15) is 0 Å². The lowest BCUT2D eigenvalue weighted by molar-refractivity contribution is 0.497. The Morgan fingerprint density at radius 2 is 1.55 bits per heavy atom. The van der Waals surface area contributed by atoms with E-state index in [0.29, 0.717) is 0 Å². The molecule has 22 heavy (non-hydrogen) atoms. The van der Waals surface area contributed by atoms with Crippen LogP contribution in [0.3, 0.4) is 0 Å². The topological polar surface area (TPSA) is 12.0 Å². The summed E-state index contributed by atoms with van der Waals surface area (Å²) in [7, 11) is 0. The zero-order valence-electron chi connectivity index (χ0n) is 12.9. The summed E-state index contributed by atoms with van der Waals surface area (Å²) >= 11 is 6.09. The highest BCUT2D eigenvalue weighted by Gasteiger charge is 2.13. The zero-order chi connectivity index (χ0) is 15.5. The molecule has 0 aromatic heterocycles. The van der Waals surface area contributed by atoms with E-state index in [4.69, 9.17) is 11.6 Å². The lowest BCUT2D eigenvalue weighted by Gasteiger charge is -2.22. The summed E-state index contributed by atoms with van der Waals surface area (Å²) in [5, 5.41) is 7.04. The third-order valence-electron chi connectivity index (χ3n) is 4.14. The molecule has 0 spiro atoms. The van der Waals surface area contributed by atoms with Gasteiger partial charge in [0.2, 0.25) is 0 Å². The maximum absolute atomic E-state index is 6.09. The summed E-state index contributed by atoms with van der Waals surface area (Å²) < 4.78 is 0. The van der Waals surface area contributed by atoms with Crippen LogP contribution in [0.4, 0.5) is 0 Å². The van der Waals surface area contributed by atoms with Crippen molar-refractivity contribution in [2.45, 2.75) is 25.9 Å². The Bertz CT molecular complexity index is 776. The minimum absolute atomic E-state index is 0.243. The van der Waals surface area contributed by atoms with Crippen LogP contribution in [0.15, 0.2) is 66.7 Å². The van der Waals surface area contributed by atoms with E-state index >= 15 is 0 Å². The Morgan fingerprint density at radius 1 is 0.818 bits per heavy atom. The van der Waals surface area contributed by atoms with Gasteiger partial charge in [-0.1, -0.05) is 66.2 Å². The van der Waals surface area contributed by atoms with Crippen LogP contribution in [-0.4, -0.2) is 0 Å². The third kappa shape index (κ3) is 3.16. The van der Waals surface area contributed by atoms with Gasteiger partial charge in [-0.05, 0) is 47.9 Å². The highest BCUT2D eigenvalue weighted by atomic mass is 35.5. The van der Waals surface area contributed by atoms with Crippen LogP contribution >= 0.6 is 11.6 Å². The molecule has 0 radical (unpaired) electrons. The van der Waals surface area contributed by atoms with E-state index in [0.717, 1.165) is 5.02 Å². The molecule has 3 aromatic carbocycles. The fourth-order valence-corrected chi connectivity index (χ4v) is 3.16. The molecule has 0 heterocycles. The summed E-state index contributed by atoms with van der Waals surface area (Å²) in [6.07, 6.45) is 0. The number of rotatable bonds is 4. The monoisotopic (exact) mass is 309 g/mol. The fourth-order valence-electron chi connectivity index (χ4n) is 2.96. The smallest absolute Gasteiger partial charge is 0.0409 e. The van der Waals surface area contributed by atoms with Crippen molar-refractivity contribution in [3.8, 4) is 0 Å². The normalized spacial score (nSPS) is 14.0. The van der Waals surface area contributed by atoms with E-state index in [1.54, 1.807) is 0 Å². The van der Waals surface area contributed by atoms with Gasteiger partial charge in [-0.2, -0.15) is 0 Å². The molecule has 0 aliphatic heterocycles. The Labute approximate surface area is 136 Å². The maximum atomic E-state index is 6.09. The quantitative estimate of drug-likeness (QED) is 0.632. The van der Waals surface area contributed by atoms with Crippen LogP contribution in [-0.2, 0) is 0 Å². The van der Waals surface area contributed by atoms with Crippen molar-refractivity contribution in [1.82, 2.24) is 5.32 Å². The number of benzene rings is 3. The molecule has 1 nitrogen and oxygen atoms in total. The number of hydrogen-bond acceptors (Lipinski definition) is 1. The molecule has 1 N–H and O–H groups in total. The summed E-state index contributed by atoms with van der Waals surface area (Å²) in [5.41, 5.74) is 2.53. The number of nitrogens with one attached hydrogen (secondary N) is 1. The van der Waals surface area contributed by atoms with Gasteiger partial charge in [0.05, 0.1) is 0 Å².